The lowest BCUT2D eigenvalue weighted by Gasteiger charge is -2.31. The van der Waals surface area contributed by atoms with Crippen molar-refractivity contribution in [2.75, 3.05) is 0 Å². The second-order valence-electron chi connectivity index (χ2n) is 4.31. The number of aliphatic hydroxyl groups excluding tert-OH is 1. The lowest BCUT2D eigenvalue weighted by molar-refractivity contribution is 0.0712. The second-order valence-corrected chi connectivity index (χ2v) is 6.40. The standard InChI is InChI=1S/C11H14ClNO3S/c1-7-10(12)3-2-4-11(7)17(15,16)13-8-5-9(14)6-8/h2-4,8-9,13-14H,5-6H2,1H3. The number of rotatable bonds is 3. The fraction of sp³-hybridized carbons (Fsp3) is 0.455. The fourth-order valence-corrected chi connectivity index (χ4v) is 3.61. The van der Waals surface area contributed by atoms with Gasteiger partial charge >= 0.3 is 0 Å². The van der Waals surface area contributed by atoms with E-state index in [9.17, 15) is 8.42 Å². The van der Waals surface area contributed by atoms with Gasteiger partial charge in [-0.05, 0) is 37.5 Å². The van der Waals surface area contributed by atoms with E-state index >= 15 is 0 Å². The molecule has 0 spiro atoms. The van der Waals surface area contributed by atoms with Crippen LogP contribution in [0.25, 0.3) is 0 Å². The average Bonchev–Trinajstić information content (AvgIpc) is 2.19. The van der Waals surface area contributed by atoms with Crippen LogP contribution in [0.4, 0.5) is 0 Å². The molecule has 0 atom stereocenters. The minimum Gasteiger partial charge on any atom is -0.393 e. The zero-order chi connectivity index (χ0) is 12.6. The first-order valence-corrected chi connectivity index (χ1v) is 7.22. The van der Waals surface area contributed by atoms with Crippen molar-refractivity contribution in [2.24, 2.45) is 0 Å². The molecule has 1 aromatic rings. The zero-order valence-electron chi connectivity index (χ0n) is 9.35. The summed E-state index contributed by atoms with van der Waals surface area (Å²) in [5.74, 6) is 0. The normalized spacial score (nSPS) is 24.4. The summed E-state index contributed by atoms with van der Waals surface area (Å²) < 4.78 is 26.7. The van der Waals surface area contributed by atoms with Gasteiger partial charge in [0.2, 0.25) is 10.0 Å². The lowest BCUT2D eigenvalue weighted by Crippen LogP contribution is -2.46. The fourth-order valence-electron chi connectivity index (χ4n) is 1.85. The Morgan fingerprint density at radius 1 is 1.41 bits per heavy atom. The summed E-state index contributed by atoms with van der Waals surface area (Å²) >= 11 is 5.90. The summed E-state index contributed by atoms with van der Waals surface area (Å²) in [4.78, 5) is 0.200. The third-order valence-corrected chi connectivity index (χ3v) is 5.02. The van der Waals surface area contributed by atoms with E-state index in [1.54, 1.807) is 19.1 Å². The smallest absolute Gasteiger partial charge is 0.241 e. The van der Waals surface area contributed by atoms with Crippen molar-refractivity contribution in [3.63, 3.8) is 0 Å². The first kappa shape index (κ1) is 12.8. The van der Waals surface area contributed by atoms with E-state index in [2.05, 4.69) is 4.72 Å². The molecule has 0 amide bonds. The van der Waals surface area contributed by atoms with Gasteiger partial charge in [0, 0.05) is 11.1 Å². The SMILES string of the molecule is Cc1c(Cl)cccc1S(=O)(=O)NC1CC(O)C1. The predicted octanol–water partition coefficient (Wildman–Crippen LogP) is 1.45. The molecule has 6 heteroatoms. The van der Waals surface area contributed by atoms with Crippen molar-refractivity contribution >= 4 is 21.6 Å². The Balaban J connectivity index is 2.23. The van der Waals surface area contributed by atoms with Gasteiger partial charge < -0.3 is 5.11 Å². The van der Waals surface area contributed by atoms with Gasteiger partial charge in [-0.2, -0.15) is 0 Å². The molecule has 0 radical (unpaired) electrons. The molecule has 1 aromatic carbocycles. The maximum absolute atomic E-state index is 12.1. The highest BCUT2D eigenvalue weighted by Gasteiger charge is 2.31. The molecule has 2 N–H and O–H groups in total. The highest BCUT2D eigenvalue weighted by atomic mass is 35.5. The van der Waals surface area contributed by atoms with Crippen molar-refractivity contribution in [2.45, 2.75) is 36.8 Å². The van der Waals surface area contributed by atoms with Crippen LogP contribution >= 0.6 is 11.6 Å². The molecule has 2 rings (SSSR count). The number of hydrogen-bond donors (Lipinski definition) is 2. The van der Waals surface area contributed by atoms with Gasteiger partial charge in [-0.15, -0.1) is 0 Å². The zero-order valence-corrected chi connectivity index (χ0v) is 10.9. The van der Waals surface area contributed by atoms with Gasteiger partial charge in [0.15, 0.2) is 0 Å². The largest absolute Gasteiger partial charge is 0.393 e. The third-order valence-electron chi connectivity index (χ3n) is 2.94. The molecule has 0 aromatic heterocycles. The molecule has 1 aliphatic rings. The van der Waals surface area contributed by atoms with E-state index in [0.717, 1.165) is 0 Å². The Hall–Kier alpha value is -0.620. The van der Waals surface area contributed by atoms with Crippen molar-refractivity contribution < 1.29 is 13.5 Å². The Bertz CT molecular complexity index is 524. The molecule has 4 nitrogen and oxygen atoms in total. The molecule has 17 heavy (non-hydrogen) atoms. The Kier molecular flexibility index (Phi) is 3.45. The van der Waals surface area contributed by atoms with Gasteiger partial charge in [0.1, 0.15) is 0 Å². The second kappa shape index (κ2) is 4.57. The van der Waals surface area contributed by atoms with E-state index < -0.39 is 10.0 Å². The van der Waals surface area contributed by atoms with Crippen LogP contribution in [-0.2, 0) is 10.0 Å². The van der Waals surface area contributed by atoms with E-state index in [1.165, 1.54) is 6.07 Å². The van der Waals surface area contributed by atoms with Crippen molar-refractivity contribution in [3.8, 4) is 0 Å². The van der Waals surface area contributed by atoms with Crippen LogP contribution in [0.1, 0.15) is 18.4 Å². The van der Waals surface area contributed by atoms with Gasteiger partial charge in [0.05, 0.1) is 11.0 Å². The van der Waals surface area contributed by atoms with Crippen LogP contribution in [0.3, 0.4) is 0 Å². The number of sulfonamides is 1. The molecule has 1 fully saturated rings. The Morgan fingerprint density at radius 3 is 2.65 bits per heavy atom. The number of hydrogen-bond acceptors (Lipinski definition) is 3. The number of benzene rings is 1. The minimum absolute atomic E-state index is 0.173. The first-order valence-electron chi connectivity index (χ1n) is 5.35. The Morgan fingerprint density at radius 2 is 2.06 bits per heavy atom. The van der Waals surface area contributed by atoms with Gasteiger partial charge in [-0.3, -0.25) is 0 Å². The van der Waals surface area contributed by atoms with Crippen LogP contribution in [-0.4, -0.2) is 25.7 Å². The van der Waals surface area contributed by atoms with Crippen LogP contribution in [0.2, 0.25) is 5.02 Å². The molecule has 0 saturated heterocycles. The maximum Gasteiger partial charge on any atom is 0.241 e. The molecule has 0 bridgehead atoms. The number of halogens is 1. The van der Waals surface area contributed by atoms with Crippen LogP contribution < -0.4 is 4.72 Å². The molecule has 1 aliphatic carbocycles. The first-order chi connectivity index (χ1) is 7.90. The van der Waals surface area contributed by atoms with Gasteiger partial charge in [-0.25, -0.2) is 13.1 Å². The van der Waals surface area contributed by atoms with Crippen molar-refractivity contribution in [3.05, 3.63) is 28.8 Å². The Labute approximate surface area is 106 Å². The van der Waals surface area contributed by atoms with Crippen LogP contribution in [0.15, 0.2) is 23.1 Å². The van der Waals surface area contributed by atoms with Gasteiger partial charge in [0.25, 0.3) is 0 Å². The summed E-state index contributed by atoms with van der Waals surface area (Å²) in [6.07, 6.45) is 0.556. The summed E-state index contributed by atoms with van der Waals surface area (Å²) in [5, 5.41) is 9.56. The molecule has 1 saturated carbocycles. The van der Waals surface area contributed by atoms with E-state index in [1.807, 2.05) is 0 Å². The highest BCUT2D eigenvalue weighted by Crippen LogP contribution is 2.25. The molecule has 0 unspecified atom stereocenters. The monoisotopic (exact) mass is 275 g/mol. The lowest BCUT2D eigenvalue weighted by atomic mass is 9.91. The highest BCUT2D eigenvalue weighted by molar-refractivity contribution is 7.89. The molecular weight excluding hydrogens is 262 g/mol. The molecule has 94 valence electrons. The van der Waals surface area contributed by atoms with Crippen LogP contribution in [0, 0.1) is 6.92 Å². The quantitative estimate of drug-likeness (QED) is 0.877. The van der Waals surface area contributed by atoms with E-state index in [-0.39, 0.29) is 17.0 Å². The average molecular weight is 276 g/mol. The van der Waals surface area contributed by atoms with E-state index in [4.69, 9.17) is 16.7 Å². The predicted molar refractivity (Wildman–Crippen MR) is 65.5 cm³/mol. The summed E-state index contributed by atoms with van der Waals surface area (Å²) in [5.41, 5.74) is 0.543. The van der Waals surface area contributed by atoms with Gasteiger partial charge in [-0.1, -0.05) is 17.7 Å². The molecule has 0 heterocycles. The summed E-state index contributed by atoms with van der Waals surface area (Å²) in [6.45, 7) is 1.67. The number of aliphatic hydroxyl groups is 1. The third kappa shape index (κ3) is 2.63. The number of nitrogens with one attached hydrogen (secondary N) is 1. The van der Waals surface area contributed by atoms with Crippen molar-refractivity contribution in [1.82, 2.24) is 4.72 Å². The van der Waals surface area contributed by atoms with E-state index in [0.29, 0.717) is 23.4 Å². The molecule has 0 aliphatic heterocycles. The summed E-state index contributed by atoms with van der Waals surface area (Å²) in [6, 6.07) is 4.62. The van der Waals surface area contributed by atoms with Crippen LogP contribution in [0.5, 0.6) is 0 Å². The molecular formula is C11H14ClNO3S. The summed E-state index contributed by atoms with van der Waals surface area (Å²) in [7, 11) is -3.54. The van der Waals surface area contributed by atoms with Crippen molar-refractivity contribution in [1.29, 1.82) is 0 Å². The minimum atomic E-state index is -3.54. The topological polar surface area (TPSA) is 66.4 Å². The maximum atomic E-state index is 12.1.